The Balaban J connectivity index is 2.09. The molecule has 1 aromatic carbocycles. The molecule has 2 aromatic heterocycles. The summed E-state index contributed by atoms with van der Waals surface area (Å²) in [4.78, 5) is 7.53. The van der Waals surface area contributed by atoms with Crippen LogP contribution in [0.1, 0.15) is 11.1 Å². The molecule has 4 nitrogen and oxygen atoms in total. The SMILES string of the molecule is N#Cc1cccc(Cn2c(=S)[nH]c3cc(Br)cnc32)c1. The molecule has 0 spiro atoms. The van der Waals surface area contributed by atoms with Crippen LogP contribution in [0.2, 0.25) is 0 Å². The Hall–Kier alpha value is -1.97. The van der Waals surface area contributed by atoms with Gasteiger partial charge in [-0.15, -0.1) is 0 Å². The number of hydrogen-bond donors (Lipinski definition) is 1. The third kappa shape index (κ3) is 2.38. The lowest BCUT2D eigenvalue weighted by atomic mass is 10.1. The van der Waals surface area contributed by atoms with Gasteiger partial charge in [0, 0.05) is 10.7 Å². The summed E-state index contributed by atoms with van der Waals surface area (Å²) in [6.45, 7) is 0.586. The van der Waals surface area contributed by atoms with Crippen LogP contribution >= 0.6 is 28.1 Å². The van der Waals surface area contributed by atoms with Crippen molar-refractivity contribution in [1.29, 1.82) is 5.26 Å². The summed E-state index contributed by atoms with van der Waals surface area (Å²) < 4.78 is 3.45. The number of nitriles is 1. The lowest BCUT2D eigenvalue weighted by Gasteiger charge is -2.04. The lowest BCUT2D eigenvalue weighted by Crippen LogP contribution is -2.01. The number of aromatic amines is 1. The number of imidazole rings is 1. The van der Waals surface area contributed by atoms with Crippen LogP contribution < -0.4 is 0 Å². The Bertz CT molecular complexity index is 888. The fourth-order valence-corrected chi connectivity index (χ4v) is 2.68. The van der Waals surface area contributed by atoms with Crippen molar-refractivity contribution < 1.29 is 0 Å². The van der Waals surface area contributed by atoms with E-state index in [0.717, 1.165) is 21.2 Å². The third-order valence-electron chi connectivity index (χ3n) is 2.97. The number of benzene rings is 1. The van der Waals surface area contributed by atoms with Crippen molar-refractivity contribution in [3.63, 3.8) is 0 Å². The average Bonchev–Trinajstić information content (AvgIpc) is 2.74. The maximum Gasteiger partial charge on any atom is 0.179 e. The fourth-order valence-electron chi connectivity index (χ4n) is 2.09. The molecule has 1 N–H and O–H groups in total. The third-order valence-corrected chi connectivity index (χ3v) is 3.73. The number of nitrogens with one attached hydrogen (secondary N) is 1. The van der Waals surface area contributed by atoms with Gasteiger partial charge in [0.05, 0.1) is 23.7 Å². The van der Waals surface area contributed by atoms with E-state index in [1.807, 2.05) is 28.8 Å². The van der Waals surface area contributed by atoms with Gasteiger partial charge in [0.15, 0.2) is 10.4 Å². The number of halogens is 1. The molecule has 0 aliphatic carbocycles. The normalized spacial score (nSPS) is 10.6. The molecule has 6 heteroatoms. The Morgan fingerprint density at radius 3 is 3.05 bits per heavy atom. The lowest BCUT2D eigenvalue weighted by molar-refractivity contribution is 0.800. The molecule has 0 saturated carbocycles. The zero-order chi connectivity index (χ0) is 14.1. The number of hydrogen-bond acceptors (Lipinski definition) is 3. The second-order valence-corrected chi connectivity index (χ2v) is 5.66. The Morgan fingerprint density at radius 2 is 2.25 bits per heavy atom. The molecular weight excluding hydrogens is 336 g/mol. The van der Waals surface area contributed by atoms with Gasteiger partial charge in [0.2, 0.25) is 0 Å². The van der Waals surface area contributed by atoms with Crippen molar-refractivity contribution in [2.24, 2.45) is 0 Å². The summed E-state index contributed by atoms with van der Waals surface area (Å²) >= 11 is 8.73. The van der Waals surface area contributed by atoms with E-state index >= 15 is 0 Å². The van der Waals surface area contributed by atoms with Crippen LogP contribution in [0.3, 0.4) is 0 Å². The molecule has 0 aliphatic heterocycles. The van der Waals surface area contributed by atoms with Crippen LogP contribution in [0.4, 0.5) is 0 Å². The van der Waals surface area contributed by atoms with Crippen molar-refractivity contribution in [1.82, 2.24) is 14.5 Å². The van der Waals surface area contributed by atoms with Crippen molar-refractivity contribution in [3.05, 3.63) is 56.9 Å². The van der Waals surface area contributed by atoms with E-state index in [4.69, 9.17) is 17.5 Å². The number of fused-ring (bicyclic) bond motifs is 1. The second kappa shape index (κ2) is 5.19. The second-order valence-electron chi connectivity index (χ2n) is 4.35. The molecule has 20 heavy (non-hydrogen) atoms. The first kappa shape index (κ1) is 13.0. The standard InChI is InChI=1S/C14H9BrN4S/c15-11-5-12-13(17-7-11)19(14(20)18-12)8-10-3-1-2-9(4-10)6-16/h1-5,7H,8H2,(H,18,20). The Kier molecular flexibility index (Phi) is 3.38. The highest BCUT2D eigenvalue weighted by molar-refractivity contribution is 9.10. The van der Waals surface area contributed by atoms with Crippen molar-refractivity contribution in [2.75, 3.05) is 0 Å². The summed E-state index contributed by atoms with van der Waals surface area (Å²) in [5, 5.41) is 8.94. The highest BCUT2D eigenvalue weighted by atomic mass is 79.9. The van der Waals surface area contributed by atoms with Crippen LogP contribution in [0.25, 0.3) is 11.2 Å². The molecule has 0 bridgehead atoms. The molecule has 0 amide bonds. The van der Waals surface area contributed by atoms with Gasteiger partial charge in [-0.25, -0.2) is 4.98 Å². The van der Waals surface area contributed by atoms with Gasteiger partial charge in [-0.2, -0.15) is 5.26 Å². The first-order valence-electron chi connectivity index (χ1n) is 5.90. The molecule has 0 aliphatic rings. The number of aromatic nitrogens is 3. The fraction of sp³-hybridized carbons (Fsp3) is 0.0714. The Morgan fingerprint density at radius 1 is 1.40 bits per heavy atom. The van der Waals surface area contributed by atoms with Gasteiger partial charge in [-0.1, -0.05) is 12.1 Å². The molecular formula is C14H9BrN4S. The largest absolute Gasteiger partial charge is 0.329 e. The van der Waals surface area contributed by atoms with Crippen LogP contribution in [0, 0.1) is 16.1 Å². The maximum absolute atomic E-state index is 8.94. The minimum atomic E-state index is 0.586. The molecule has 0 saturated heterocycles. The van der Waals surface area contributed by atoms with Crippen molar-refractivity contribution in [3.8, 4) is 6.07 Å². The zero-order valence-electron chi connectivity index (χ0n) is 10.3. The summed E-state index contributed by atoms with van der Waals surface area (Å²) in [5.41, 5.74) is 3.36. The van der Waals surface area contributed by atoms with Gasteiger partial charge in [-0.3, -0.25) is 4.57 Å². The van der Waals surface area contributed by atoms with Gasteiger partial charge >= 0.3 is 0 Å². The van der Waals surface area contributed by atoms with E-state index in [1.54, 1.807) is 12.3 Å². The molecule has 0 unspecified atom stereocenters. The zero-order valence-corrected chi connectivity index (χ0v) is 12.7. The van der Waals surface area contributed by atoms with Crippen LogP contribution in [-0.2, 0) is 6.54 Å². The highest BCUT2D eigenvalue weighted by Crippen LogP contribution is 2.18. The highest BCUT2D eigenvalue weighted by Gasteiger charge is 2.07. The topological polar surface area (TPSA) is 57.4 Å². The van der Waals surface area contributed by atoms with E-state index < -0.39 is 0 Å². The van der Waals surface area contributed by atoms with Crippen molar-refractivity contribution in [2.45, 2.75) is 6.54 Å². The first-order chi connectivity index (χ1) is 9.67. The Labute approximate surface area is 128 Å². The average molecular weight is 345 g/mol. The van der Waals surface area contributed by atoms with E-state index in [0.29, 0.717) is 16.9 Å². The van der Waals surface area contributed by atoms with Gasteiger partial charge in [-0.05, 0) is 51.9 Å². The summed E-state index contributed by atoms with van der Waals surface area (Å²) in [5.74, 6) is 0. The monoisotopic (exact) mass is 344 g/mol. The number of pyridine rings is 1. The van der Waals surface area contributed by atoms with Gasteiger partial charge < -0.3 is 4.98 Å². The van der Waals surface area contributed by atoms with E-state index in [9.17, 15) is 0 Å². The number of rotatable bonds is 2. The van der Waals surface area contributed by atoms with Gasteiger partial charge in [0.1, 0.15) is 0 Å². The summed E-state index contributed by atoms with van der Waals surface area (Å²) in [7, 11) is 0. The number of nitrogens with zero attached hydrogens (tertiary/aromatic N) is 3. The molecule has 3 rings (SSSR count). The predicted octanol–water partition coefficient (Wildman–Crippen LogP) is 3.78. The van der Waals surface area contributed by atoms with Crippen molar-refractivity contribution >= 4 is 39.3 Å². The molecule has 0 radical (unpaired) electrons. The molecule has 0 fully saturated rings. The summed E-state index contributed by atoms with van der Waals surface area (Å²) in [6.07, 6.45) is 1.74. The maximum atomic E-state index is 8.94. The van der Waals surface area contributed by atoms with Crippen LogP contribution in [-0.4, -0.2) is 14.5 Å². The minimum absolute atomic E-state index is 0.586. The van der Waals surface area contributed by atoms with Crippen LogP contribution in [0.15, 0.2) is 41.0 Å². The minimum Gasteiger partial charge on any atom is -0.329 e. The molecule has 98 valence electrons. The number of H-pyrrole nitrogens is 1. The van der Waals surface area contributed by atoms with E-state index in [-0.39, 0.29) is 0 Å². The van der Waals surface area contributed by atoms with E-state index in [2.05, 4.69) is 32.0 Å². The first-order valence-corrected chi connectivity index (χ1v) is 7.10. The predicted molar refractivity (Wildman–Crippen MR) is 82.9 cm³/mol. The molecule has 3 aromatic rings. The smallest absolute Gasteiger partial charge is 0.179 e. The van der Waals surface area contributed by atoms with E-state index in [1.165, 1.54) is 0 Å². The summed E-state index contributed by atoms with van der Waals surface area (Å²) in [6, 6.07) is 11.6. The van der Waals surface area contributed by atoms with Gasteiger partial charge in [0.25, 0.3) is 0 Å². The van der Waals surface area contributed by atoms with Crippen LogP contribution in [0.5, 0.6) is 0 Å². The molecule has 0 atom stereocenters. The molecule has 2 heterocycles. The quantitative estimate of drug-likeness (QED) is 0.719.